The van der Waals surface area contributed by atoms with Crippen LogP contribution in [-0.4, -0.2) is 82.3 Å². The average molecular weight is 833 g/mol. The second-order valence-electron chi connectivity index (χ2n) is 16.2. The van der Waals surface area contributed by atoms with Crippen LogP contribution in [0.15, 0.2) is 108 Å². The van der Waals surface area contributed by atoms with Crippen LogP contribution in [-0.2, 0) is 50.9 Å². The average Bonchev–Trinajstić information content (AvgIpc) is 3.20. The fourth-order valence-corrected chi connectivity index (χ4v) is 6.35. The highest BCUT2D eigenvalue weighted by Crippen LogP contribution is 2.20. The number of hydrogen-bond acceptors (Lipinski definition) is 9. The second kappa shape index (κ2) is 27.7. The van der Waals surface area contributed by atoms with Crippen molar-refractivity contribution in [3.8, 4) is 0 Å². The molecule has 11 heteroatoms. The first-order valence-corrected chi connectivity index (χ1v) is 20.5. The SMILES string of the molecule is COC(=O)[C@@H](C)C(/C=C/C(C)=C/[C@H](C)[C@H](Cc1ccccc1)OC)NC(=O)OC(C)(C)C.COC(=O)[C@@H](C)C(/C=C/C(C)=C/[C@H](C)[C@H](Cc1ccccc1)OC)NC(C)=O. The lowest BCUT2D eigenvalue weighted by Gasteiger charge is -2.24. The quantitative estimate of drug-likeness (QED) is 0.0762. The molecule has 0 aliphatic heterocycles. The van der Waals surface area contributed by atoms with Crippen LogP contribution >= 0.6 is 0 Å². The lowest BCUT2D eigenvalue weighted by atomic mass is 9.95. The molecule has 332 valence electrons. The molecule has 0 spiro atoms. The number of rotatable bonds is 20. The van der Waals surface area contributed by atoms with Gasteiger partial charge in [-0.1, -0.05) is 122 Å². The van der Waals surface area contributed by atoms with Crippen molar-refractivity contribution in [1.29, 1.82) is 0 Å². The topological polar surface area (TPSA) is 138 Å². The van der Waals surface area contributed by atoms with Crippen molar-refractivity contribution in [2.75, 3.05) is 28.4 Å². The van der Waals surface area contributed by atoms with Gasteiger partial charge in [0.2, 0.25) is 5.91 Å². The number of benzene rings is 2. The maximum absolute atomic E-state index is 12.3. The fraction of sp³-hybridized carbons (Fsp3) is 0.510. The molecule has 2 N–H and O–H groups in total. The molecule has 2 unspecified atom stereocenters. The summed E-state index contributed by atoms with van der Waals surface area (Å²) >= 11 is 0. The summed E-state index contributed by atoms with van der Waals surface area (Å²) in [6, 6.07) is 19.5. The van der Waals surface area contributed by atoms with Gasteiger partial charge in [0.05, 0.1) is 50.3 Å². The van der Waals surface area contributed by atoms with Gasteiger partial charge in [-0.15, -0.1) is 0 Å². The van der Waals surface area contributed by atoms with Crippen LogP contribution in [0.4, 0.5) is 4.79 Å². The van der Waals surface area contributed by atoms with Crippen molar-refractivity contribution >= 4 is 23.9 Å². The van der Waals surface area contributed by atoms with E-state index >= 15 is 0 Å². The Morgan fingerprint density at radius 3 is 1.28 bits per heavy atom. The maximum atomic E-state index is 12.3. The van der Waals surface area contributed by atoms with Gasteiger partial charge in [0.1, 0.15) is 5.60 Å². The van der Waals surface area contributed by atoms with Crippen molar-refractivity contribution in [3.63, 3.8) is 0 Å². The van der Waals surface area contributed by atoms with Crippen LogP contribution in [0.25, 0.3) is 0 Å². The Balaban J connectivity index is 0.000000605. The first-order valence-electron chi connectivity index (χ1n) is 20.5. The van der Waals surface area contributed by atoms with Crippen LogP contribution in [0.3, 0.4) is 0 Å². The van der Waals surface area contributed by atoms with E-state index in [1.807, 2.05) is 68.5 Å². The fourth-order valence-electron chi connectivity index (χ4n) is 6.35. The number of methoxy groups -OCH3 is 4. The summed E-state index contributed by atoms with van der Waals surface area (Å²) in [4.78, 5) is 47.6. The molecule has 8 atom stereocenters. The number of amides is 2. The standard InChI is InChI=1S/C26H39NO5.C23H33NO4/c1-18(16-19(2)23(30-7)17-21-12-10-9-11-13-21)14-15-22(20(3)24(28)31-8)27-25(29)32-26(4,5)6;1-16(12-13-21(24-19(4)25)18(3)23(26)28-6)14-17(2)22(27-5)15-20-10-8-7-9-11-20/h9-16,19-20,22-23H,17H2,1-8H3,(H,27,29);7-14,17-18,21-22H,15H2,1-6H3,(H,24,25)/b15-14+,18-16+;13-12+,16-14+/t19-,20-,22?,23-;17-,18-,21?,22-/m00/s1. The van der Waals surface area contributed by atoms with Crippen LogP contribution in [0.2, 0.25) is 0 Å². The lowest BCUT2D eigenvalue weighted by Crippen LogP contribution is -2.43. The third kappa shape index (κ3) is 21.3. The number of nitrogens with one attached hydrogen (secondary N) is 2. The monoisotopic (exact) mass is 833 g/mol. The van der Waals surface area contributed by atoms with E-state index < -0.39 is 41.6 Å². The molecule has 0 bridgehead atoms. The van der Waals surface area contributed by atoms with Crippen LogP contribution in [0.1, 0.15) is 80.4 Å². The molecule has 0 aliphatic carbocycles. The van der Waals surface area contributed by atoms with Gasteiger partial charge in [-0.25, -0.2) is 4.79 Å². The molecule has 2 aromatic rings. The van der Waals surface area contributed by atoms with Gasteiger partial charge in [-0.2, -0.15) is 0 Å². The number of ether oxygens (including phenoxy) is 5. The van der Waals surface area contributed by atoms with E-state index in [0.29, 0.717) is 0 Å². The number of alkyl carbamates (subject to hydrolysis) is 1. The summed E-state index contributed by atoms with van der Waals surface area (Å²) in [5, 5.41) is 5.55. The van der Waals surface area contributed by atoms with Gasteiger partial charge in [0.25, 0.3) is 0 Å². The summed E-state index contributed by atoms with van der Waals surface area (Å²) in [5.74, 6) is -1.64. The number of esters is 2. The third-order valence-electron chi connectivity index (χ3n) is 9.80. The first kappa shape index (κ1) is 53.0. The molecule has 2 aromatic carbocycles. The van der Waals surface area contributed by atoms with Crippen LogP contribution in [0, 0.1) is 23.7 Å². The van der Waals surface area contributed by atoms with Crippen molar-refractivity contribution in [3.05, 3.63) is 119 Å². The first-order chi connectivity index (χ1) is 28.2. The molecule has 0 heterocycles. The zero-order chi connectivity index (χ0) is 45.4. The Morgan fingerprint density at radius 2 is 0.967 bits per heavy atom. The maximum Gasteiger partial charge on any atom is 0.408 e. The van der Waals surface area contributed by atoms with E-state index in [9.17, 15) is 19.2 Å². The third-order valence-corrected chi connectivity index (χ3v) is 9.80. The summed E-state index contributed by atoms with van der Waals surface area (Å²) in [5.41, 5.74) is 3.86. The summed E-state index contributed by atoms with van der Waals surface area (Å²) in [6.45, 7) is 18.5. The van der Waals surface area contributed by atoms with Crippen molar-refractivity contribution in [2.45, 2.75) is 112 Å². The zero-order valence-corrected chi connectivity index (χ0v) is 38.4. The normalized spacial score (nSPS) is 16.2. The highest BCUT2D eigenvalue weighted by molar-refractivity contribution is 5.77. The minimum absolute atomic E-state index is 0.0328. The van der Waals surface area contributed by atoms with Gasteiger partial charge in [0.15, 0.2) is 0 Å². The molecule has 0 fully saturated rings. The minimum Gasteiger partial charge on any atom is -0.469 e. The summed E-state index contributed by atoms with van der Waals surface area (Å²) in [7, 11) is 6.13. The van der Waals surface area contributed by atoms with Gasteiger partial charge >= 0.3 is 18.0 Å². The summed E-state index contributed by atoms with van der Waals surface area (Å²) < 4.78 is 26.4. The molecule has 2 amide bonds. The Morgan fingerprint density at radius 1 is 0.600 bits per heavy atom. The Labute approximate surface area is 360 Å². The van der Waals surface area contributed by atoms with Gasteiger partial charge in [0, 0.05) is 33.0 Å². The van der Waals surface area contributed by atoms with E-state index in [-0.39, 0.29) is 35.9 Å². The highest BCUT2D eigenvalue weighted by atomic mass is 16.6. The second-order valence-corrected chi connectivity index (χ2v) is 16.2. The van der Waals surface area contributed by atoms with E-state index in [2.05, 4.69) is 60.9 Å². The molecule has 0 aromatic heterocycles. The number of carbonyl (C=O) groups is 4. The molecule has 0 radical (unpaired) electrons. The molecule has 60 heavy (non-hydrogen) atoms. The van der Waals surface area contributed by atoms with Crippen LogP contribution < -0.4 is 10.6 Å². The van der Waals surface area contributed by atoms with Gasteiger partial charge < -0.3 is 34.3 Å². The minimum atomic E-state index is -0.633. The molecule has 0 saturated carbocycles. The molecule has 0 aliphatic rings. The Kier molecular flexibility index (Phi) is 24.5. The van der Waals surface area contributed by atoms with Crippen molar-refractivity contribution in [1.82, 2.24) is 10.6 Å². The predicted molar refractivity (Wildman–Crippen MR) is 239 cm³/mol. The summed E-state index contributed by atoms with van der Waals surface area (Å²) in [6.07, 6.45) is 12.9. The lowest BCUT2D eigenvalue weighted by molar-refractivity contribution is -0.146. The van der Waals surface area contributed by atoms with Gasteiger partial charge in [-0.3, -0.25) is 14.4 Å². The van der Waals surface area contributed by atoms with Gasteiger partial charge in [-0.05, 0) is 72.4 Å². The van der Waals surface area contributed by atoms with E-state index in [1.54, 1.807) is 54.9 Å². The molecular weight excluding hydrogens is 761 g/mol. The highest BCUT2D eigenvalue weighted by Gasteiger charge is 2.27. The number of carbonyl (C=O) groups excluding carboxylic acids is 4. The molecule has 0 saturated heterocycles. The van der Waals surface area contributed by atoms with Crippen LogP contribution in [0.5, 0.6) is 0 Å². The van der Waals surface area contributed by atoms with E-state index in [1.165, 1.54) is 32.3 Å². The predicted octanol–water partition coefficient (Wildman–Crippen LogP) is 8.78. The smallest absolute Gasteiger partial charge is 0.408 e. The molecule has 11 nitrogen and oxygen atoms in total. The van der Waals surface area contributed by atoms with E-state index in [4.69, 9.17) is 23.7 Å². The Bertz CT molecular complexity index is 1710. The van der Waals surface area contributed by atoms with Crippen molar-refractivity contribution < 1.29 is 42.9 Å². The molecular formula is C49H72N2O9. The van der Waals surface area contributed by atoms with Crippen molar-refractivity contribution in [2.24, 2.45) is 23.7 Å². The van der Waals surface area contributed by atoms with E-state index in [0.717, 1.165) is 24.0 Å². The Hall–Kier alpha value is -5.00. The molecule has 2 rings (SSSR count). The number of allylic oxidation sites excluding steroid dienone is 4. The largest absolute Gasteiger partial charge is 0.469 e. The zero-order valence-electron chi connectivity index (χ0n) is 38.4. The number of hydrogen-bond donors (Lipinski definition) is 2.